The minimum atomic E-state index is -1.07. The Labute approximate surface area is 102 Å². The summed E-state index contributed by atoms with van der Waals surface area (Å²) in [4.78, 5) is 27.1. The van der Waals surface area contributed by atoms with E-state index in [4.69, 9.17) is 5.11 Å². The Morgan fingerprint density at radius 2 is 2.12 bits per heavy atom. The van der Waals surface area contributed by atoms with Gasteiger partial charge in [0.05, 0.1) is 5.69 Å². The number of hydrogen-bond acceptors (Lipinski definition) is 4. The van der Waals surface area contributed by atoms with Gasteiger partial charge in [-0.15, -0.1) is 11.3 Å². The largest absolute Gasteiger partial charge is 0.480 e. The standard InChI is InChI=1S/C10H13N3O3S/c14-8(15)5-11-9(16)13-10-12-6-3-1-2-4-7(6)17-10/h1-5H2,(H,14,15)(H2,11,12,13,16). The number of fused-ring (bicyclic) bond motifs is 1. The number of carbonyl (C=O) groups is 2. The molecule has 2 rings (SSSR count). The van der Waals surface area contributed by atoms with Gasteiger partial charge in [0.15, 0.2) is 5.13 Å². The van der Waals surface area contributed by atoms with Crippen LogP contribution in [0.4, 0.5) is 9.93 Å². The van der Waals surface area contributed by atoms with Crippen LogP contribution in [0, 0.1) is 0 Å². The van der Waals surface area contributed by atoms with Gasteiger partial charge in [-0.1, -0.05) is 0 Å². The Balaban J connectivity index is 1.92. The summed E-state index contributed by atoms with van der Waals surface area (Å²) < 4.78 is 0. The Kier molecular flexibility index (Phi) is 3.58. The van der Waals surface area contributed by atoms with E-state index in [-0.39, 0.29) is 0 Å². The molecule has 92 valence electrons. The van der Waals surface area contributed by atoms with E-state index in [2.05, 4.69) is 15.6 Å². The molecule has 0 atom stereocenters. The molecule has 1 aromatic heterocycles. The van der Waals surface area contributed by atoms with Crippen LogP contribution in [0.15, 0.2) is 0 Å². The zero-order chi connectivity index (χ0) is 12.3. The van der Waals surface area contributed by atoms with Crippen molar-refractivity contribution in [1.29, 1.82) is 0 Å². The van der Waals surface area contributed by atoms with Gasteiger partial charge in [-0.3, -0.25) is 10.1 Å². The SMILES string of the molecule is O=C(O)CNC(=O)Nc1nc2c(s1)CCCC2. The van der Waals surface area contributed by atoms with E-state index in [0.29, 0.717) is 5.13 Å². The van der Waals surface area contributed by atoms with Crippen molar-refractivity contribution in [1.82, 2.24) is 10.3 Å². The predicted octanol–water partition coefficient (Wildman–Crippen LogP) is 1.23. The Morgan fingerprint density at radius 1 is 1.35 bits per heavy atom. The molecule has 0 aliphatic heterocycles. The first-order valence-electron chi connectivity index (χ1n) is 5.40. The van der Waals surface area contributed by atoms with Crippen LogP contribution in [0.5, 0.6) is 0 Å². The second-order valence-electron chi connectivity index (χ2n) is 3.80. The second kappa shape index (κ2) is 5.13. The molecule has 0 unspecified atom stereocenters. The van der Waals surface area contributed by atoms with Crippen LogP contribution in [0.1, 0.15) is 23.4 Å². The molecule has 0 radical (unpaired) electrons. The number of urea groups is 1. The predicted molar refractivity (Wildman–Crippen MR) is 63.4 cm³/mol. The van der Waals surface area contributed by atoms with Gasteiger partial charge in [0.2, 0.25) is 0 Å². The lowest BCUT2D eigenvalue weighted by atomic mass is 10.0. The van der Waals surface area contributed by atoms with Gasteiger partial charge in [-0.25, -0.2) is 9.78 Å². The highest BCUT2D eigenvalue weighted by Gasteiger charge is 2.16. The van der Waals surface area contributed by atoms with Gasteiger partial charge in [0.25, 0.3) is 0 Å². The van der Waals surface area contributed by atoms with Crippen LogP contribution in [0.25, 0.3) is 0 Å². The minimum Gasteiger partial charge on any atom is -0.480 e. The van der Waals surface area contributed by atoms with Gasteiger partial charge in [0.1, 0.15) is 6.54 Å². The first kappa shape index (κ1) is 11.8. The van der Waals surface area contributed by atoms with Crippen molar-refractivity contribution in [3.8, 4) is 0 Å². The molecule has 0 spiro atoms. The lowest BCUT2D eigenvalue weighted by Gasteiger charge is -2.06. The van der Waals surface area contributed by atoms with Crippen molar-refractivity contribution in [3.05, 3.63) is 10.6 Å². The van der Waals surface area contributed by atoms with Crippen LogP contribution < -0.4 is 10.6 Å². The van der Waals surface area contributed by atoms with E-state index in [0.717, 1.165) is 25.0 Å². The van der Waals surface area contributed by atoms with Crippen molar-refractivity contribution in [2.75, 3.05) is 11.9 Å². The maximum absolute atomic E-state index is 11.3. The second-order valence-corrected chi connectivity index (χ2v) is 4.88. The zero-order valence-electron chi connectivity index (χ0n) is 9.15. The summed E-state index contributed by atoms with van der Waals surface area (Å²) in [6.07, 6.45) is 4.29. The quantitative estimate of drug-likeness (QED) is 0.757. The van der Waals surface area contributed by atoms with Crippen molar-refractivity contribution in [2.24, 2.45) is 0 Å². The van der Waals surface area contributed by atoms with Crippen LogP contribution in [0.3, 0.4) is 0 Å². The molecule has 0 saturated carbocycles. The molecule has 0 bridgehead atoms. The lowest BCUT2D eigenvalue weighted by molar-refractivity contribution is -0.135. The number of hydrogen-bond donors (Lipinski definition) is 3. The van der Waals surface area contributed by atoms with E-state index in [1.165, 1.54) is 22.6 Å². The number of carbonyl (C=O) groups excluding carboxylic acids is 1. The topological polar surface area (TPSA) is 91.3 Å². The molecule has 7 heteroatoms. The van der Waals surface area contributed by atoms with Gasteiger partial charge in [-0.2, -0.15) is 0 Å². The molecule has 0 aromatic carbocycles. The fourth-order valence-corrected chi connectivity index (χ4v) is 2.75. The molecule has 0 saturated heterocycles. The third-order valence-corrected chi connectivity index (χ3v) is 3.54. The molecule has 2 amide bonds. The average Bonchev–Trinajstić information content (AvgIpc) is 2.68. The third kappa shape index (κ3) is 3.16. The van der Waals surface area contributed by atoms with E-state index < -0.39 is 18.5 Å². The number of carboxylic acids is 1. The van der Waals surface area contributed by atoms with E-state index in [9.17, 15) is 9.59 Å². The van der Waals surface area contributed by atoms with Crippen molar-refractivity contribution in [3.63, 3.8) is 0 Å². The molecule has 17 heavy (non-hydrogen) atoms. The highest BCUT2D eigenvalue weighted by atomic mass is 32.1. The summed E-state index contributed by atoms with van der Waals surface area (Å²) in [6, 6.07) is -0.529. The van der Waals surface area contributed by atoms with E-state index in [1.807, 2.05) is 0 Å². The summed E-state index contributed by atoms with van der Waals surface area (Å²) in [7, 11) is 0. The van der Waals surface area contributed by atoms with Crippen molar-refractivity contribution < 1.29 is 14.7 Å². The number of amides is 2. The molecule has 6 nitrogen and oxygen atoms in total. The molecule has 1 aliphatic rings. The maximum atomic E-state index is 11.3. The molecule has 0 fully saturated rings. The molecule has 3 N–H and O–H groups in total. The maximum Gasteiger partial charge on any atom is 0.323 e. The minimum absolute atomic E-state index is 0.392. The highest BCUT2D eigenvalue weighted by Crippen LogP contribution is 2.29. The highest BCUT2D eigenvalue weighted by molar-refractivity contribution is 7.15. The summed E-state index contributed by atoms with van der Waals surface area (Å²) in [5.41, 5.74) is 1.06. The number of nitrogens with one attached hydrogen (secondary N) is 2. The summed E-state index contributed by atoms with van der Waals surface area (Å²) in [5, 5.41) is 13.7. The van der Waals surface area contributed by atoms with Crippen molar-refractivity contribution in [2.45, 2.75) is 25.7 Å². The number of anilines is 1. The summed E-state index contributed by atoms with van der Waals surface area (Å²) >= 11 is 1.47. The Morgan fingerprint density at radius 3 is 2.82 bits per heavy atom. The summed E-state index contributed by atoms with van der Waals surface area (Å²) in [5.74, 6) is -1.07. The zero-order valence-corrected chi connectivity index (χ0v) is 9.97. The van der Waals surface area contributed by atoms with E-state index in [1.54, 1.807) is 0 Å². The third-order valence-electron chi connectivity index (χ3n) is 2.47. The van der Waals surface area contributed by atoms with E-state index >= 15 is 0 Å². The number of aryl methyl sites for hydroxylation is 2. The molecule has 1 heterocycles. The fraction of sp³-hybridized carbons (Fsp3) is 0.500. The molecular formula is C10H13N3O3S. The molecular weight excluding hydrogens is 242 g/mol. The average molecular weight is 255 g/mol. The number of rotatable bonds is 3. The van der Waals surface area contributed by atoms with Crippen LogP contribution >= 0.6 is 11.3 Å². The number of thiazole rings is 1. The Hall–Kier alpha value is -1.63. The smallest absolute Gasteiger partial charge is 0.323 e. The van der Waals surface area contributed by atoms with Gasteiger partial charge in [0, 0.05) is 4.88 Å². The number of aliphatic carboxylic acids is 1. The molecule has 1 aliphatic carbocycles. The number of carboxylic acid groups (broad SMARTS) is 1. The number of nitrogens with zero attached hydrogens (tertiary/aromatic N) is 1. The molecule has 1 aromatic rings. The normalized spacial score (nSPS) is 13.9. The van der Waals surface area contributed by atoms with Crippen LogP contribution in [-0.2, 0) is 17.6 Å². The van der Waals surface area contributed by atoms with Crippen molar-refractivity contribution >= 4 is 28.5 Å². The van der Waals surface area contributed by atoms with Gasteiger partial charge in [-0.05, 0) is 25.7 Å². The van der Waals surface area contributed by atoms with Crippen LogP contribution in [-0.4, -0.2) is 28.6 Å². The first-order valence-corrected chi connectivity index (χ1v) is 6.22. The monoisotopic (exact) mass is 255 g/mol. The number of aromatic nitrogens is 1. The van der Waals surface area contributed by atoms with Gasteiger partial charge >= 0.3 is 12.0 Å². The fourth-order valence-electron chi connectivity index (χ4n) is 1.70. The first-order chi connectivity index (χ1) is 8.15. The lowest BCUT2D eigenvalue weighted by Crippen LogP contribution is -2.33. The van der Waals surface area contributed by atoms with Crippen LogP contribution in [0.2, 0.25) is 0 Å². The van der Waals surface area contributed by atoms with Gasteiger partial charge < -0.3 is 10.4 Å². The Bertz CT molecular complexity index is 421. The summed E-state index contributed by atoms with van der Waals surface area (Å²) in [6.45, 7) is -0.392.